The van der Waals surface area contributed by atoms with Gasteiger partial charge in [0.1, 0.15) is 5.75 Å². The first-order valence-electron chi connectivity index (χ1n) is 5.15. The Balaban J connectivity index is 2.43. The Morgan fingerprint density at radius 1 is 1.47 bits per heavy atom. The summed E-state index contributed by atoms with van der Waals surface area (Å²) in [6.45, 7) is 1.76. The second-order valence-electron chi connectivity index (χ2n) is 3.66. The highest BCUT2D eigenvalue weighted by molar-refractivity contribution is 6.31. The minimum atomic E-state index is -0.874. The van der Waals surface area contributed by atoms with Gasteiger partial charge in [-0.3, -0.25) is 14.9 Å². The molecule has 0 amide bonds. The van der Waals surface area contributed by atoms with Gasteiger partial charge in [-0.1, -0.05) is 11.6 Å². The number of ether oxygens (including phenoxy) is 1. The van der Waals surface area contributed by atoms with Crippen molar-refractivity contribution in [1.29, 1.82) is 0 Å². The van der Waals surface area contributed by atoms with E-state index in [0.717, 1.165) is 11.9 Å². The van der Waals surface area contributed by atoms with Crippen LogP contribution in [0.4, 0.5) is 5.69 Å². The molecule has 8 heteroatoms. The van der Waals surface area contributed by atoms with E-state index in [-0.39, 0.29) is 5.88 Å². The van der Waals surface area contributed by atoms with Crippen LogP contribution in [0.15, 0.2) is 29.3 Å². The lowest BCUT2D eigenvalue weighted by atomic mass is 10.2. The fraction of sp³-hybridized carbons (Fsp3) is 0.0909. The first-order chi connectivity index (χ1) is 8.99. The van der Waals surface area contributed by atoms with Gasteiger partial charge in [-0.05, 0) is 30.7 Å². The third kappa shape index (κ3) is 2.71. The second-order valence-corrected chi connectivity index (χ2v) is 4.06. The number of aromatic amines is 1. The number of aryl methyl sites for hydroxylation is 1. The van der Waals surface area contributed by atoms with Crippen LogP contribution < -0.4 is 10.3 Å². The molecule has 0 fully saturated rings. The number of nitro groups is 1. The average Bonchev–Trinajstić information content (AvgIpc) is 2.33. The van der Waals surface area contributed by atoms with Crippen molar-refractivity contribution < 1.29 is 9.66 Å². The Kier molecular flexibility index (Phi) is 3.48. The van der Waals surface area contributed by atoms with Gasteiger partial charge < -0.3 is 9.72 Å². The van der Waals surface area contributed by atoms with Crippen molar-refractivity contribution in [2.24, 2.45) is 0 Å². The highest BCUT2D eigenvalue weighted by atomic mass is 35.5. The Labute approximate surface area is 112 Å². The predicted octanol–water partition coefficient (Wildman–Crippen LogP) is 2.43. The van der Waals surface area contributed by atoms with E-state index in [1.54, 1.807) is 19.1 Å². The monoisotopic (exact) mass is 281 g/mol. The number of aromatic nitrogens is 2. The van der Waals surface area contributed by atoms with Gasteiger partial charge in [-0.25, -0.2) is 0 Å². The van der Waals surface area contributed by atoms with E-state index >= 15 is 0 Å². The Bertz CT molecular complexity index is 699. The first-order valence-corrected chi connectivity index (χ1v) is 5.53. The van der Waals surface area contributed by atoms with Crippen LogP contribution in [-0.2, 0) is 0 Å². The van der Waals surface area contributed by atoms with Gasteiger partial charge in [0, 0.05) is 5.02 Å². The second kappa shape index (κ2) is 5.07. The zero-order valence-electron chi connectivity index (χ0n) is 9.71. The van der Waals surface area contributed by atoms with E-state index in [2.05, 4.69) is 9.97 Å². The third-order valence-corrected chi connectivity index (χ3v) is 2.75. The summed E-state index contributed by atoms with van der Waals surface area (Å²) in [6, 6.07) is 4.71. The zero-order chi connectivity index (χ0) is 14.0. The van der Waals surface area contributed by atoms with Crippen LogP contribution in [0.3, 0.4) is 0 Å². The van der Waals surface area contributed by atoms with E-state index in [1.165, 1.54) is 6.07 Å². The van der Waals surface area contributed by atoms with E-state index in [4.69, 9.17) is 16.3 Å². The lowest BCUT2D eigenvalue weighted by molar-refractivity contribution is -0.387. The Morgan fingerprint density at radius 2 is 2.21 bits per heavy atom. The SMILES string of the molecule is Cc1cc(Oc2nc[nH]c(=O)c2[N+](=O)[O-])ccc1Cl. The van der Waals surface area contributed by atoms with Crippen LogP contribution in [0, 0.1) is 17.0 Å². The molecule has 0 bridgehead atoms. The molecule has 1 heterocycles. The summed E-state index contributed by atoms with van der Waals surface area (Å²) in [7, 11) is 0. The topological polar surface area (TPSA) is 98.1 Å². The highest BCUT2D eigenvalue weighted by Crippen LogP contribution is 2.28. The number of nitrogens with zero attached hydrogens (tertiary/aromatic N) is 2. The standard InChI is InChI=1S/C11H8ClN3O4/c1-6-4-7(2-3-8(6)12)19-11-9(15(17)18)10(16)13-5-14-11/h2-5H,1H3,(H,13,14,16). The fourth-order valence-electron chi connectivity index (χ4n) is 1.40. The summed E-state index contributed by atoms with van der Waals surface area (Å²) in [5.41, 5.74) is -0.873. The largest absolute Gasteiger partial charge is 0.433 e. The minimum absolute atomic E-state index is 0.308. The number of hydrogen-bond acceptors (Lipinski definition) is 5. The van der Waals surface area contributed by atoms with Gasteiger partial charge in [-0.2, -0.15) is 4.98 Å². The fourth-order valence-corrected chi connectivity index (χ4v) is 1.52. The molecule has 0 atom stereocenters. The zero-order valence-corrected chi connectivity index (χ0v) is 10.5. The smallest absolute Gasteiger partial charge is 0.395 e. The third-order valence-electron chi connectivity index (χ3n) is 2.32. The molecule has 1 N–H and O–H groups in total. The molecule has 7 nitrogen and oxygen atoms in total. The van der Waals surface area contributed by atoms with Crippen LogP contribution in [0.25, 0.3) is 0 Å². The van der Waals surface area contributed by atoms with Gasteiger partial charge in [0.25, 0.3) is 0 Å². The summed E-state index contributed by atoms with van der Waals surface area (Å²) in [5.74, 6) is -0.0569. The minimum Gasteiger partial charge on any atom is -0.433 e. The van der Waals surface area contributed by atoms with E-state index in [1.807, 2.05) is 0 Å². The molecule has 2 rings (SSSR count). The Morgan fingerprint density at radius 3 is 2.84 bits per heavy atom. The van der Waals surface area contributed by atoms with Gasteiger partial charge in [0.05, 0.1) is 11.3 Å². The highest BCUT2D eigenvalue weighted by Gasteiger charge is 2.22. The van der Waals surface area contributed by atoms with E-state index in [9.17, 15) is 14.9 Å². The van der Waals surface area contributed by atoms with E-state index in [0.29, 0.717) is 10.8 Å². The summed E-state index contributed by atoms with van der Waals surface area (Å²) in [4.78, 5) is 27.1. The molecule has 2 aromatic rings. The number of halogens is 1. The number of H-pyrrole nitrogens is 1. The van der Waals surface area contributed by atoms with Gasteiger partial charge in [0.15, 0.2) is 0 Å². The van der Waals surface area contributed by atoms with Crippen LogP contribution >= 0.6 is 11.6 Å². The summed E-state index contributed by atoms with van der Waals surface area (Å²) in [5, 5.41) is 11.3. The van der Waals surface area contributed by atoms with Gasteiger partial charge in [0.2, 0.25) is 0 Å². The van der Waals surface area contributed by atoms with Crippen LogP contribution in [-0.4, -0.2) is 14.9 Å². The maximum Gasteiger partial charge on any atom is 0.395 e. The number of benzene rings is 1. The molecule has 98 valence electrons. The van der Waals surface area contributed by atoms with Crippen LogP contribution in [0.5, 0.6) is 11.6 Å². The molecule has 0 aliphatic carbocycles. The summed E-state index contributed by atoms with van der Waals surface area (Å²) < 4.78 is 5.26. The number of nitrogens with one attached hydrogen (secondary N) is 1. The molecule has 0 aliphatic rings. The normalized spacial score (nSPS) is 10.2. The van der Waals surface area contributed by atoms with E-state index < -0.39 is 16.2 Å². The molecule has 0 spiro atoms. The Hall–Kier alpha value is -2.41. The quantitative estimate of drug-likeness (QED) is 0.688. The molecule has 0 saturated heterocycles. The van der Waals surface area contributed by atoms with Crippen molar-refractivity contribution in [2.75, 3.05) is 0 Å². The lowest BCUT2D eigenvalue weighted by Crippen LogP contribution is -2.13. The van der Waals surface area contributed by atoms with Crippen molar-refractivity contribution in [1.82, 2.24) is 9.97 Å². The molecule has 0 saturated carbocycles. The lowest BCUT2D eigenvalue weighted by Gasteiger charge is -2.05. The molecule has 1 aromatic carbocycles. The summed E-state index contributed by atoms with van der Waals surface area (Å²) >= 11 is 5.86. The molecule has 19 heavy (non-hydrogen) atoms. The van der Waals surface area contributed by atoms with Crippen molar-refractivity contribution in [2.45, 2.75) is 6.92 Å². The average molecular weight is 282 g/mol. The van der Waals surface area contributed by atoms with Gasteiger partial charge >= 0.3 is 17.1 Å². The van der Waals surface area contributed by atoms with Crippen molar-refractivity contribution in [3.63, 3.8) is 0 Å². The van der Waals surface area contributed by atoms with Crippen molar-refractivity contribution in [3.05, 3.63) is 55.6 Å². The predicted molar refractivity (Wildman–Crippen MR) is 67.8 cm³/mol. The molecule has 0 radical (unpaired) electrons. The van der Waals surface area contributed by atoms with Crippen LogP contribution in [0.1, 0.15) is 5.56 Å². The molecule has 0 aliphatic heterocycles. The number of hydrogen-bond donors (Lipinski definition) is 1. The maximum absolute atomic E-state index is 11.4. The van der Waals surface area contributed by atoms with Gasteiger partial charge in [-0.15, -0.1) is 0 Å². The maximum atomic E-state index is 11.4. The van der Waals surface area contributed by atoms with Crippen LogP contribution in [0.2, 0.25) is 5.02 Å². The molecule has 1 aromatic heterocycles. The summed E-state index contributed by atoms with van der Waals surface area (Å²) in [6.07, 6.45) is 1.04. The molecule has 0 unspecified atom stereocenters. The van der Waals surface area contributed by atoms with Crippen molar-refractivity contribution in [3.8, 4) is 11.6 Å². The molecular formula is C11H8ClN3O4. The number of rotatable bonds is 3. The first kappa shape index (κ1) is 13.0. The van der Waals surface area contributed by atoms with Crippen molar-refractivity contribution >= 4 is 17.3 Å². The molecular weight excluding hydrogens is 274 g/mol.